The van der Waals surface area contributed by atoms with Gasteiger partial charge in [0.25, 0.3) is 5.91 Å². The molecule has 6 N–H and O–H groups in total. The van der Waals surface area contributed by atoms with Crippen LogP contribution in [0.5, 0.6) is 0 Å². The average molecular weight is 690 g/mol. The smallest absolute Gasteiger partial charge is 0.322 e. The molecule has 0 aromatic carbocycles. The minimum atomic E-state index is -1.31. The van der Waals surface area contributed by atoms with E-state index in [0.29, 0.717) is 44.5 Å². The Hall–Kier alpha value is -4.44. The molecule has 1 aliphatic carbocycles. The van der Waals surface area contributed by atoms with Gasteiger partial charge in [-0.1, -0.05) is 52.7 Å². The van der Waals surface area contributed by atoms with Gasteiger partial charge in [0.2, 0.25) is 29.4 Å². The van der Waals surface area contributed by atoms with Crippen LogP contribution in [-0.4, -0.2) is 109 Å². The van der Waals surface area contributed by atoms with E-state index in [1.165, 1.54) is 4.90 Å². The number of carbonyl (C=O) groups is 7. The van der Waals surface area contributed by atoms with Gasteiger partial charge in [-0.05, 0) is 55.8 Å². The predicted octanol–water partition coefficient (Wildman–Crippen LogP) is -0.124. The van der Waals surface area contributed by atoms with Gasteiger partial charge in [0.15, 0.2) is 5.82 Å². The number of amides is 5. The standard InChI is InChI=1S/C32H51N9O8/c1-6-10-21(28(45)31(48)33-15-24(43)44)34-30(47)27-20-12-9-11-19(20)16-41(27)32(49)26(18(4)5)36-29(46)25(17(2)3)35-23(42)14-8-7-13-22-37-39-40-38-22/h17-21,25-27H,6-16H2,1-5H3,(H,33,48)(H,34,47)(H,35,42)(H,36,46)(H,43,44)(H,37,38,39,40)/t19?,20?,21?,25-,26-,27-/m0/s1. The average Bonchev–Trinajstić information content (AvgIpc) is 3.80. The lowest BCUT2D eigenvalue weighted by atomic mass is 9.92. The van der Waals surface area contributed by atoms with E-state index in [2.05, 4.69) is 36.6 Å². The Bertz CT molecular complexity index is 1340. The van der Waals surface area contributed by atoms with Crippen molar-refractivity contribution in [2.75, 3.05) is 13.1 Å². The van der Waals surface area contributed by atoms with Crippen molar-refractivity contribution in [3.05, 3.63) is 5.82 Å². The van der Waals surface area contributed by atoms with E-state index in [0.717, 1.165) is 12.8 Å². The second-order valence-electron chi connectivity index (χ2n) is 13.6. The van der Waals surface area contributed by atoms with Gasteiger partial charge in [-0.3, -0.25) is 33.6 Å². The van der Waals surface area contributed by atoms with Crippen LogP contribution in [0.1, 0.15) is 91.8 Å². The Morgan fingerprint density at radius 1 is 0.959 bits per heavy atom. The van der Waals surface area contributed by atoms with Crippen LogP contribution < -0.4 is 21.3 Å². The third kappa shape index (κ3) is 10.8. The number of aromatic amines is 1. The minimum Gasteiger partial charge on any atom is -0.480 e. The van der Waals surface area contributed by atoms with E-state index in [-0.39, 0.29) is 42.4 Å². The Morgan fingerprint density at radius 3 is 2.29 bits per heavy atom. The van der Waals surface area contributed by atoms with E-state index in [1.54, 1.807) is 34.6 Å². The van der Waals surface area contributed by atoms with E-state index < -0.39 is 66.1 Å². The molecule has 272 valence electrons. The number of nitrogens with zero attached hydrogens (tertiary/aromatic N) is 4. The summed E-state index contributed by atoms with van der Waals surface area (Å²) < 4.78 is 0. The molecule has 0 bridgehead atoms. The molecule has 5 amide bonds. The topological polar surface area (TPSA) is 246 Å². The van der Waals surface area contributed by atoms with Crippen LogP contribution in [0.25, 0.3) is 0 Å². The number of likely N-dealkylation sites (tertiary alicyclic amines) is 1. The Balaban J connectivity index is 1.70. The number of carboxylic acids is 1. The van der Waals surface area contributed by atoms with Gasteiger partial charge in [-0.25, -0.2) is 0 Å². The zero-order chi connectivity index (χ0) is 36.2. The summed E-state index contributed by atoms with van der Waals surface area (Å²) in [4.78, 5) is 92.0. The third-order valence-corrected chi connectivity index (χ3v) is 9.22. The summed E-state index contributed by atoms with van der Waals surface area (Å²) in [5.74, 6) is -5.39. The molecule has 6 atom stereocenters. The number of fused-ring (bicyclic) bond motifs is 1. The SMILES string of the molecule is CCCC(NC(=O)[C@@H]1C2CCCC2CN1C(=O)[C@@H](NC(=O)[C@@H](NC(=O)CCCCc1nn[nH]n1)C(C)C)C(C)C)C(=O)C(=O)NCC(=O)O. The summed E-state index contributed by atoms with van der Waals surface area (Å²) in [6.45, 7) is 8.51. The summed E-state index contributed by atoms with van der Waals surface area (Å²) >= 11 is 0. The van der Waals surface area contributed by atoms with E-state index >= 15 is 0 Å². The minimum absolute atomic E-state index is 0.0603. The lowest BCUT2D eigenvalue weighted by molar-refractivity contribution is -0.145. The number of carbonyl (C=O) groups excluding carboxylic acids is 6. The molecule has 17 nitrogen and oxygen atoms in total. The Kier molecular flexibility index (Phi) is 14.6. The molecule has 1 aromatic heterocycles. The molecular formula is C32H51N9O8. The number of Topliss-reactive ketones (excluding diaryl/α,β-unsaturated/α-hetero) is 1. The van der Waals surface area contributed by atoms with Crippen LogP contribution in [0.2, 0.25) is 0 Å². The normalized spacial score (nSPS) is 20.3. The van der Waals surface area contributed by atoms with Crippen molar-refractivity contribution >= 4 is 41.3 Å². The number of ketones is 1. The van der Waals surface area contributed by atoms with Crippen LogP contribution in [0.15, 0.2) is 0 Å². The van der Waals surface area contributed by atoms with E-state index in [9.17, 15) is 33.6 Å². The maximum absolute atomic E-state index is 14.2. The van der Waals surface area contributed by atoms with Crippen LogP contribution in [0.4, 0.5) is 0 Å². The summed E-state index contributed by atoms with van der Waals surface area (Å²) in [5.41, 5.74) is 0. The first-order valence-corrected chi connectivity index (χ1v) is 17.2. The van der Waals surface area contributed by atoms with Crippen LogP contribution in [0, 0.1) is 23.7 Å². The summed E-state index contributed by atoms with van der Waals surface area (Å²) in [7, 11) is 0. The lowest BCUT2D eigenvalue weighted by Crippen LogP contribution is -2.60. The molecule has 2 aliphatic rings. The number of aliphatic carboxylic acids is 1. The highest BCUT2D eigenvalue weighted by Gasteiger charge is 2.51. The van der Waals surface area contributed by atoms with Crippen LogP contribution in [0.3, 0.4) is 0 Å². The number of hydrogen-bond acceptors (Lipinski definition) is 10. The fourth-order valence-corrected chi connectivity index (χ4v) is 6.66. The van der Waals surface area contributed by atoms with Crippen LogP contribution in [-0.2, 0) is 40.0 Å². The molecule has 1 saturated heterocycles. The van der Waals surface area contributed by atoms with Gasteiger partial charge in [0.1, 0.15) is 24.7 Å². The predicted molar refractivity (Wildman–Crippen MR) is 174 cm³/mol. The highest BCUT2D eigenvalue weighted by Crippen LogP contribution is 2.42. The molecule has 0 radical (unpaired) electrons. The second kappa shape index (κ2) is 18.4. The van der Waals surface area contributed by atoms with Gasteiger partial charge < -0.3 is 31.3 Å². The van der Waals surface area contributed by atoms with Gasteiger partial charge in [0.05, 0.1) is 6.04 Å². The molecule has 2 heterocycles. The molecule has 1 aliphatic heterocycles. The molecule has 3 rings (SSSR count). The first-order valence-electron chi connectivity index (χ1n) is 17.2. The second-order valence-corrected chi connectivity index (χ2v) is 13.6. The quantitative estimate of drug-likeness (QED) is 0.0825. The highest BCUT2D eigenvalue weighted by atomic mass is 16.4. The number of aromatic nitrogens is 4. The van der Waals surface area contributed by atoms with Crippen molar-refractivity contribution in [3.8, 4) is 0 Å². The monoisotopic (exact) mass is 689 g/mol. The number of H-pyrrole nitrogens is 1. The van der Waals surface area contributed by atoms with Gasteiger partial charge in [0, 0.05) is 19.4 Å². The van der Waals surface area contributed by atoms with Crippen molar-refractivity contribution in [2.45, 2.75) is 117 Å². The molecule has 0 spiro atoms. The summed E-state index contributed by atoms with van der Waals surface area (Å²) in [5, 5.41) is 32.9. The maximum Gasteiger partial charge on any atom is 0.322 e. The summed E-state index contributed by atoms with van der Waals surface area (Å²) in [6.07, 6.45) is 4.97. The number of tetrazole rings is 1. The molecule has 1 aromatic rings. The first-order chi connectivity index (χ1) is 23.2. The fraction of sp³-hybridized carbons (Fsp3) is 0.750. The van der Waals surface area contributed by atoms with Crippen molar-refractivity contribution < 1.29 is 38.7 Å². The molecule has 1 saturated carbocycles. The van der Waals surface area contributed by atoms with Crippen LogP contribution >= 0.6 is 0 Å². The van der Waals surface area contributed by atoms with Crippen molar-refractivity contribution in [3.63, 3.8) is 0 Å². The van der Waals surface area contributed by atoms with E-state index in [4.69, 9.17) is 5.11 Å². The van der Waals surface area contributed by atoms with Gasteiger partial charge >= 0.3 is 5.97 Å². The van der Waals surface area contributed by atoms with Gasteiger partial charge in [-0.2, -0.15) is 5.21 Å². The molecule has 17 heteroatoms. The lowest BCUT2D eigenvalue weighted by Gasteiger charge is -2.34. The number of carboxylic acid groups (broad SMARTS) is 1. The van der Waals surface area contributed by atoms with Crippen molar-refractivity contribution in [1.29, 1.82) is 0 Å². The number of hydrogen-bond donors (Lipinski definition) is 6. The molecule has 3 unspecified atom stereocenters. The maximum atomic E-state index is 14.2. The molecular weight excluding hydrogens is 638 g/mol. The number of unbranched alkanes of at least 4 members (excludes halogenated alkanes) is 1. The largest absolute Gasteiger partial charge is 0.480 e. The molecule has 2 fully saturated rings. The fourth-order valence-electron chi connectivity index (χ4n) is 6.66. The summed E-state index contributed by atoms with van der Waals surface area (Å²) in [6, 6.07) is -4.01. The number of rotatable bonds is 19. The van der Waals surface area contributed by atoms with Crippen molar-refractivity contribution in [1.82, 2.24) is 46.8 Å². The Labute approximate surface area is 285 Å². The Morgan fingerprint density at radius 2 is 1.67 bits per heavy atom. The zero-order valence-electron chi connectivity index (χ0n) is 29.0. The first kappa shape index (κ1) is 39.0. The van der Waals surface area contributed by atoms with Crippen molar-refractivity contribution in [2.24, 2.45) is 23.7 Å². The molecule has 49 heavy (non-hydrogen) atoms. The highest BCUT2D eigenvalue weighted by molar-refractivity contribution is 6.38. The third-order valence-electron chi connectivity index (χ3n) is 9.22. The van der Waals surface area contributed by atoms with E-state index in [1.807, 2.05) is 5.32 Å². The number of nitrogens with one attached hydrogen (secondary N) is 5. The zero-order valence-corrected chi connectivity index (χ0v) is 29.0. The van der Waals surface area contributed by atoms with Gasteiger partial charge in [-0.15, -0.1) is 10.2 Å². The number of aryl methyl sites for hydroxylation is 1.